The van der Waals surface area contributed by atoms with E-state index in [1.165, 1.54) is 0 Å². The molecule has 2 rings (SSSR count). The summed E-state index contributed by atoms with van der Waals surface area (Å²) >= 11 is 0. The lowest BCUT2D eigenvalue weighted by Gasteiger charge is -2.31. The second-order valence-electron chi connectivity index (χ2n) is 3.71. The molecule has 2 heterocycles. The van der Waals surface area contributed by atoms with E-state index in [4.69, 9.17) is 9.47 Å². The molecular formula is C11H15NO3. The van der Waals surface area contributed by atoms with E-state index in [1.807, 2.05) is 12.1 Å². The molecule has 0 aromatic carbocycles. The highest BCUT2D eigenvalue weighted by Gasteiger charge is 2.33. The van der Waals surface area contributed by atoms with Gasteiger partial charge in [0.05, 0.1) is 12.8 Å². The topological polar surface area (TPSA) is 51.6 Å². The summed E-state index contributed by atoms with van der Waals surface area (Å²) in [5.74, 6) is 0.535. The van der Waals surface area contributed by atoms with Gasteiger partial charge in [0.25, 0.3) is 0 Å². The molecule has 1 saturated heterocycles. The standard InChI is InChI=1S/C11H15NO3/c1-14-10-4-2-3-9(12-10)11(13)5-7-15-8-6-11/h2-4,13H,5-8H2,1H3. The van der Waals surface area contributed by atoms with E-state index in [1.54, 1.807) is 13.2 Å². The Morgan fingerprint density at radius 2 is 2.13 bits per heavy atom. The molecule has 1 N–H and O–H groups in total. The second-order valence-corrected chi connectivity index (χ2v) is 3.71. The number of aromatic nitrogens is 1. The van der Waals surface area contributed by atoms with Gasteiger partial charge in [0, 0.05) is 32.1 Å². The third kappa shape index (κ3) is 2.11. The highest BCUT2D eigenvalue weighted by atomic mass is 16.5. The van der Waals surface area contributed by atoms with Gasteiger partial charge in [-0.25, -0.2) is 4.98 Å². The molecular weight excluding hydrogens is 194 g/mol. The number of aliphatic hydroxyl groups is 1. The smallest absolute Gasteiger partial charge is 0.213 e. The molecule has 0 aliphatic carbocycles. The molecule has 1 aromatic rings. The number of rotatable bonds is 2. The summed E-state index contributed by atoms with van der Waals surface area (Å²) in [5.41, 5.74) is -0.183. The minimum absolute atomic E-state index is 0.535. The van der Waals surface area contributed by atoms with Gasteiger partial charge in [-0.3, -0.25) is 0 Å². The molecule has 1 aromatic heterocycles. The molecule has 1 aliphatic rings. The first-order valence-corrected chi connectivity index (χ1v) is 5.06. The first kappa shape index (κ1) is 10.4. The van der Waals surface area contributed by atoms with Crippen molar-refractivity contribution < 1.29 is 14.6 Å². The predicted octanol–water partition coefficient (Wildman–Crippen LogP) is 1.09. The highest BCUT2D eigenvalue weighted by Crippen LogP contribution is 2.31. The molecule has 0 atom stereocenters. The zero-order chi connectivity index (χ0) is 10.7. The lowest BCUT2D eigenvalue weighted by molar-refractivity contribution is -0.0707. The van der Waals surface area contributed by atoms with Crippen molar-refractivity contribution in [2.75, 3.05) is 20.3 Å². The van der Waals surface area contributed by atoms with E-state index in [0.29, 0.717) is 37.6 Å². The number of hydrogen-bond acceptors (Lipinski definition) is 4. The quantitative estimate of drug-likeness (QED) is 0.792. The zero-order valence-corrected chi connectivity index (χ0v) is 8.77. The van der Waals surface area contributed by atoms with Crippen LogP contribution in [0.5, 0.6) is 5.88 Å². The van der Waals surface area contributed by atoms with Crippen LogP contribution in [-0.4, -0.2) is 30.4 Å². The first-order chi connectivity index (χ1) is 7.24. The van der Waals surface area contributed by atoms with Gasteiger partial charge in [0.1, 0.15) is 5.60 Å². The Morgan fingerprint density at radius 3 is 2.80 bits per heavy atom. The Bertz CT molecular complexity index is 334. The zero-order valence-electron chi connectivity index (χ0n) is 8.77. The van der Waals surface area contributed by atoms with Crippen LogP contribution in [0.2, 0.25) is 0 Å². The summed E-state index contributed by atoms with van der Waals surface area (Å²) in [6, 6.07) is 5.44. The minimum atomic E-state index is -0.854. The van der Waals surface area contributed by atoms with Crippen LogP contribution in [0, 0.1) is 0 Å². The van der Waals surface area contributed by atoms with Gasteiger partial charge in [-0.2, -0.15) is 0 Å². The third-order valence-corrected chi connectivity index (χ3v) is 2.73. The largest absolute Gasteiger partial charge is 0.481 e. The van der Waals surface area contributed by atoms with Gasteiger partial charge in [0.15, 0.2) is 0 Å². The van der Waals surface area contributed by atoms with Crippen molar-refractivity contribution in [1.29, 1.82) is 0 Å². The minimum Gasteiger partial charge on any atom is -0.481 e. The summed E-state index contributed by atoms with van der Waals surface area (Å²) in [6.07, 6.45) is 1.18. The van der Waals surface area contributed by atoms with Crippen molar-refractivity contribution in [3.05, 3.63) is 23.9 Å². The van der Waals surface area contributed by atoms with Crippen LogP contribution in [0.4, 0.5) is 0 Å². The van der Waals surface area contributed by atoms with Crippen LogP contribution in [0.3, 0.4) is 0 Å². The summed E-state index contributed by atoms with van der Waals surface area (Å²) in [6.45, 7) is 1.16. The van der Waals surface area contributed by atoms with Crippen molar-refractivity contribution in [3.8, 4) is 5.88 Å². The predicted molar refractivity (Wildman–Crippen MR) is 54.7 cm³/mol. The number of ether oxygens (including phenoxy) is 2. The van der Waals surface area contributed by atoms with Crippen molar-refractivity contribution >= 4 is 0 Å². The van der Waals surface area contributed by atoms with E-state index in [0.717, 1.165) is 0 Å². The Balaban J connectivity index is 2.26. The Labute approximate surface area is 88.9 Å². The monoisotopic (exact) mass is 209 g/mol. The first-order valence-electron chi connectivity index (χ1n) is 5.06. The van der Waals surface area contributed by atoms with Crippen LogP contribution >= 0.6 is 0 Å². The normalized spacial score (nSPS) is 19.9. The SMILES string of the molecule is COc1cccc(C2(O)CCOCC2)n1. The molecule has 0 unspecified atom stereocenters. The fourth-order valence-electron chi connectivity index (χ4n) is 1.75. The molecule has 0 bridgehead atoms. The lowest BCUT2D eigenvalue weighted by Crippen LogP contribution is -2.34. The Morgan fingerprint density at radius 1 is 1.40 bits per heavy atom. The lowest BCUT2D eigenvalue weighted by atomic mass is 9.90. The molecule has 0 spiro atoms. The average Bonchev–Trinajstić information content (AvgIpc) is 2.30. The Kier molecular flexibility index (Phi) is 2.88. The summed E-state index contributed by atoms with van der Waals surface area (Å²) in [7, 11) is 1.57. The second kappa shape index (κ2) is 4.16. The number of pyridine rings is 1. The summed E-state index contributed by atoms with van der Waals surface area (Å²) in [5, 5.41) is 10.4. The molecule has 4 heteroatoms. The highest BCUT2D eigenvalue weighted by molar-refractivity contribution is 5.20. The number of hydrogen-bond donors (Lipinski definition) is 1. The number of methoxy groups -OCH3 is 1. The van der Waals surface area contributed by atoms with Gasteiger partial charge in [-0.05, 0) is 6.07 Å². The van der Waals surface area contributed by atoms with E-state index in [9.17, 15) is 5.11 Å². The van der Waals surface area contributed by atoms with Crippen molar-refractivity contribution in [2.45, 2.75) is 18.4 Å². The fourth-order valence-corrected chi connectivity index (χ4v) is 1.75. The fraction of sp³-hybridized carbons (Fsp3) is 0.545. The molecule has 0 saturated carbocycles. The van der Waals surface area contributed by atoms with Gasteiger partial charge in [0.2, 0.25) is 5.88 Å². The molecule has 4 nitrogen and oxygen atoms in total. The van der Waals surface area contributed by atoms with Crippen LogP contribution in [-0.2, 0) is 10.3 Å². The van der Waals surface area contributed by atoms with E-state index >= 15 is 0 Å². The van der Waals surface area contributed by atoms with Crippen molar-refractivity contribution in [2.24, 2.45) is 0 Å². The van der Waals surface area contributed by atoms with Crippen LogP contribution < -0.4 is 4.74 Å². The summed E-state index contributed by atoms with van der Waals surface area (Å²) < 4.78 is 10.3. The molecule has 1 fully saturated rings. The van der Waals surface area contributed by atoms with Crippen molar-refractivity contribution in [3.63, 3.8) is 0 Å². The van der Waals surface area contributed by atoms with Crippen LogP contribution in [0.1, 0.15) is 18.5 Å². The Hall–Kier alpha value is -1.13. The molecule has 82 valence electrons. The maximum absolute atomic E-state index is 10.4. The maximum atomic E-state index is 10.4. The van der Waals surface area contributed by atoms with E-state index in [-0.39, 0.29) is 0 Å². The maximum Gasteiger partial charge on any atom is 0.213 e. The average molecular weight is 209 g/mol. The van der Waals surface area contributed by atoms with Crippen LogP contribution in [0.15, 0.2) is 18.2 Å². The van der Waals surface area contributed by atoms with Crippen molar-refractivity contribution in [1.82, 2.24) is 4.98 Å². The third-order valence-electron chi connectivity index (χ3n) is 2.73. The van der Waals surface area contributed by atoms with Gasteiger partial charge < -0.3 is 14.6 Å². The van der Waals surface area contributed by atoms with E-state index < -0.39 is 5.60 Å². The van der Waals surface area contributed by atoms with Crippen LogP contribution in [0.25, 0.3) is 0 Å². The van der Waals surface area contributed by atoms with Gasteiger partial charge in [-0.15, -0.1) is 0 Å². The van der Waals surface area contributed by atoms with Gasteiger partial charge in [-0.1, -0.05) is 6.07 Å². The molecule has 0 amide bonds. The molecule has 0 radical (unpaired) electrons. The summed E-state index contributed by atoms with van der Waals surface area (Å²) in [4.78, 5) is 4.26. The van der Waals surface area contributed by atoms with Gasteiger partial charge >= 0.3 is 0 Å². The van der Waals surface area contributed by atoms with E-state index in [2.05, 4.69) is 4.98 Å². The molecule has 15 heavy (non-hydrogen) atoms. The molecule has 1 aliphatic heterocycles. The number of nitrogens with zero attached hydrogens (tertiary/aromatic N) is 1.